The molecule has 0 aliphatic heterocycles. The predicted octanol–water partition coefficient (Wildman–Crippen LogP) is -0.472. The first-order chi connectivity index (χ1) is 25.0. The molecular formula is C30H40Mg2N20+4. The number of aromatic amines is 10. The zero-order valence-corrected chi connectivity index (χ0v) is 31.0. The summed E-state index contributed by atoms with van der Waals surface area (Å²) in [6, 6.07) is 0. The molecule has 0 radical (unpaired) electrons. The fourth-order valence-electron chi connectivity index (χ4n) is 2.16. The second kappa shape index (κ2) is 44.6. The Morgan fingerprint density at radius 2 is 0.731 bits per heavy atom. The predicted molar refractivity (Wildman–Crippen MR) is 188 cm³/mol. The van der Waals surface area contributed by atoms with E-state index >= 15 is 0 Å². The van der Waals surface area contributed by atoms with Gasteiger partial charge in [-0.2, -0.15) is 0 Å². The van der Waals surface area contributed by atoms with Gasteiger partial charge in [0.15, 0.2) is 0 Å². The molecule has 0 aliphatic rings. The maximum absolute atomic E-state index is 3.67. The number of nitrogens with one attached hydrogen (secondary N) is 10. The zero-order chi connectivity index (χ0) is 35.4. The Hall–Kier alpha value is -6.37. The summed E-state index contributed by atoms with van der Waals surface area (Å²) in [6.07, 6.45) is 50.8. The molecule has 10 N–H and O–H groups in total. The van der Waals surface area contributed by atoms with Crippen molar-refractivity contribution in [2.45, 2.75) is 0 Å². The summed E-state index contributed by atoms with van der Waals surface area (Å²) >= 11 is 0. The van der Waals surface area contributed by atoms with Gasteiger partial charge in [0.05, 0.1) is 25.3 Å². The molecule has 0 bridgehead atoms. The van der Waals surface area contributed by atoms with Crippen LogP contribution >= 0.6 is 0 Å². The number of hydrogen-bond donors (Lipinski definition) is 6. The molecule has 10 aromatic rings. The van der Waals surface area contributed by atoms with Crippen LogP contribution < -0.4 is 39.9 Å². The van der Waals surface area contributed by atoms with Crippen LogP contribution in [-0.4, -0.2) is 106 Å². The van der Waals surface area contributed by atoms with Gasteiger partial charge in [-0.1, -0.05) is 56.2 Å². The van der Waals surface area contributed by atoms with Crippen molar-refractivity contribution < 1.29 is 19.9 Å². The van der Waals surface area contributed by atoms with E-state index in [0.29, 0.717) is 0 Å². The Kier molecular flexibility index (Phi) is 41.0. The molecule has 0 unspecified atom stereocenters. The Bertz CT molecular complexity index is 1060. The minimum atomic E-state index is 0. The number of aromatic nitrogens is 20. The van der Waals surface area contributed by atoms with Gasteiger partial charge < -0.3 is 49.8 Å². The number of H-pyrrole nitrogens is 10. The number of imidazole rings is 10. The summed E-state index contributed by atoms with van der Waals surface area (Å²) in [5, 5.41) is 0. The number of nitrogens with zero attached hydrogens (tertiary/aromatic N) is 10. The SMILES string of the molecule is [Mg+2].[Mg+2].c1c[n-]cn1.c1c[n-]cn1.c1c[n-]cn1.c1c[nH+]c[n-]1.c1c[nH+]c[nH]1.c1c[nH+]c[nH]1.c1c[nH+]c[nH]1.c1c[nH]cn1.c1c[nH]cn1.c1c[nH]cn1. The zero-order valence-electron chi connectivity index (χ0n) is 28.2. The molecule has 0 fully saturated rings. The Labute approximate surface area is 331 Å². The van der Waals surface area contributed by atoms with Crippen LogP contribution in [-0.2, 0) is 0 Å². The molecule has 260 valence electrons. The van der Waals surface area contributed by atoms with E-state index in [1.54, 1.807) is 131 Å². The maximum Gasteiger partial charge on any atom is 2.00 e. The molecule has 22 heteroatoms. The molecule has 20 nitrogen and oxygen atoms in total. The monoisotopic (exact) mass is 728 g/mol. The van der Waals surface area contributed by atoms with Gasteiger partial charge in [-0.25, -0.2) is 19.9 Å². The van der Waals surface area contributed by atoms with Crippen LogP contribution in [0.15, 0.2) is 187 Å². The Balaban J connectivity index is 0. The minimum absolute atomic E-state index is 0. The molecule has 0 atom stereocenters. The first-order valence-electron chi connectivity index (χ1n) is 14.3. The van der Waals surface area contributed by atoms with Crippen LogP contribution in [0.5, 0.6) is 0 Å². The van der Waals surface area contributed by atoms with Gasteiger partial charge >= 0.3 is 46.1 Å². The molecule has 10 heterocycles. The molecule has 10 aromatic heterocycles. The summed E-state index contributed by atoms with van der Waals surface area (Å²) in [6.45, 7) is 0. The van der Waals surface area contributed by atoms with Crippen LogP contribution in [0.25, 0.3) is 0 Å². The van der Waals surface area contributed by atoms with Crippen molar-refractivity contribution in [1.29, 1.82) is 0 Å². The summed E-state index contributed by atoms with van der Waals surface area (Å²) in [5.74, 6) is 0. The summed E-state index contributed by atoms with van der Waals surface area (Å²) < 4.78 is 0. The maximum atomic E-state index is 3.67. The normalized spacial score (nSPS) is 7.69. The molecule has 0 saturated heterocycles. The van der Waals surface area contributed by atoms with Crippen LogP contribution in [0.2, 0.25) is 0 Å². The fraction of sp³-hybridized carbons (Fsp3) is 0. The van der Waals surface area contributed by atoms with E-state index in [9.17, 15) is 0 Å². The average molecular weight is 729 g/mol. The fourth-order valence-corrected chi connectivity index (χ4v) is 2.16. The van der Waals surface area contributed by atoms with Crippen molar-refractivity contribution in [2.75, 3.05) is 0 Å². The third-order valence-electron chi connectivity index (χ3n) is 4.07. The molecule has 0 spiro atoms. The summed E-state index contributed by atoms with van der Waals surface area (Å²) in [7, 11) is 0. The van der Waals surface area contributed by atoms with Crippen LogP contribution in [0, 0.1) is 0 Å². The molecule has 10 rings (SSSR count). The standard InChI is InChI=1S/6C3H4N2.4C3H3N2.2Mg/c10*1-2-5-3-4-1;;/h6*1-3H,(H,4,5);4*1-3H;;/q;;;;;;4*-1;2*+2/p+4. The number of hydrogen-bond acceptors (Lipinski definition) is 6. The summed E-state index contributed by atoms with van der Waals surface area (Å²) in [5.41, 5.74) is 0. The molecule has 0 aromatic carbocycles. The molecule has 52 heavy (non-hydrogen) atoms. The first kappa shape index (κ1) is 47.7. The van der Waals surface area contributed by atoms with Crippen molar-refractivity contribution in [3.8, 4) is 0 Å². The van der Waals surface area contributed by atoms with E-state index in [0.717, 1.165) is 0 Å². The van der Waals surface area contributed by atoms with Crippen molar-refractivity contribution in [3.63, 3.8) is 0 Å². The second-order valence-corrected chi connectivity index (χ2v) is 7.61. The van der Waals surface area contributed by atoms with Gasteiger partial charge in [-0.05, 0) is 0 Å². The van der Waals surface area contributed by atoms with Gasteiger partial charge in [-0.3, -0.25) is 29.9 Å². The smallest absolute Gasteiger partial charge is 0.450 e. The first-order valence-corrected chi connectivity index (χ1v) is 14.3. The van der Waals surface area contributed by atoms with Gasteiger partial charge in [0.2, 0.25) is 19.0 Å². The van der Waals surface area contributed by atoms with Crippen molar-refractivity contribution in [3.05, 3.63) is 187 Å². The third-order valence-corrected chi connectivity index (χ3v) is 4.07. The van der Waals surface area contributed by atoms with E-state index in [4.69, 9.17) is 0 Å². The van der Waals surface area contributed by atoms with Gasteiger partial charge in [0.1, 0.15) is 37.2 Å². The Morgan fingerprint density at radius 1 is 0.346 bits per heavy atom. The van der Waals surface area contributed by atoms with Gasteiger partial charge in [-0.15, -0.1) is 0 Å². The third kappa shape index (κ3) is 41.7. The van der Waals surface area contributed by atoms with Crippen LogP contribution in [0.1, 0.15) is 0 Å². The molecular weight excluding hydrogens is 689 g/mol. The van der Waals surface area contributed by atoms with E-state index in [-0.39, 0.29) is 46.1 Å². The van der Waals surface area contributed by atoms with Crippen molar-refractivity contribution >= 4 is 46.1 Å². The molecule has 0 aliphatic carbocycles. The molecule has 0 saturated carbocycles. The van der Waals surface area contributed by atoms with E-state index in [1.165, 1.54) is 19.0 Å². The van der Waals surface area contributed by atoms with E-state index in [2.05, 4.69) is 99.7 Å². The largest absolute Gasteiger partial charge is 2.00 e. The quantitative estimate of drug-likeness (QED) is 0.109. The van der Waals surface area contributed by atoms with Crippen molar-refractivity contribution in [2.24, 2.45) is 0 Å². The number of rotatable bonds is 0. The van der Waals surface area contributed by atoms with Gasteiger partial charge in [0.25, 0.3) is 0 Å². The average Bonchev–Trinajstić information content (AvgIpc) is 4.08. The Morgan fingerprint density at radius 3 is 0.808 bits per heavy atom. The summed E-state index contributed by atoms with van der Waals surface area (Å²) in [4.78, 5) is 64.2. The second-order valence-electron chi connectivity index (χ2n) is 7.61. The van der Waals surface area contributed by atoms with E-state index in [1.807, 2.05) is 37.2 Å². The van der Waals surface area contributed by atoms with E-state index < -0.39 is 0 Å². The van der Waals surface area contributed by atoms with Crippen molar-refractivity contribution in [1.82, 2.24) is 79.7 Å². The van der Waals surface area contributed by atoms with Crippen LogP contribution in [0.3, 0.4) is 0 Å². The minimum Gasteiger partial charge on any atom is -0.450 e. The molecule has 0 amide bonds. The van der Waals surface area contributed by atoms with Gasteiger partial charge in [0, 0.05) is 49.6 Å². The topological polar surface area (TPSA) is 285 Å². The van der Waals surface area contributed by atoms with Crippen LogP contribution in [0.4, 0.5) is 0 Å².